The summed E-state index contributed by atoms with van der Waals surface area (Å²) in [5, 5.41) is 3.30. The number of ether oxygens (including phenoxy) is 1. The van der Waals surface area contributed by atoms with Gasteiger partial charge in [0.2, 0.25) is 0 Å². The predicted molar refractivity (Wildman–Crippen MR) is 131 cm³/mol. The van der Waals surface area contributed by atoms with Crippen LogP contribution in [0, 0.1) is 6.92 Å². The number of amides is 1. The highest BCUT2D eigenvalue weighted by molar-refractivity contribution is 7.17. The Hall–Kier alpha value is -4.43. The number of hydrogen-bond acceptors (Lipinski definition) is 7. The second kappa shape index (κ2) is 9.08. The van der Waals surface area contributed by atoms with Gasteiger partial charge in [-0.25, -0.2) is 9.78 Å². The van der Waals surface area contributed by atoms with E-state index in [9.17, 15) is 19.2 Å². The fraction of sp³-hybridized carbons (Fsp3) is 0.0741. The van der Waals surface area contributed by atoms with Gasteiger partial charge in [-0.2, -0.15) is 0 Å². The number of fused-ring (bicyclic) bond motifs is 2. The highest BCUT2D eigenvalue weighted by Gasteiger charge is 2.29. The highest BCUT2D eigenvalue weighted by atomic mass is 32.1. The van der Waals surface area contributed by atoms with Crippen molar-refractivity contribution < 1.29 is 23.9 Å². The molecule has 7 nitrogen and oxygen atoms in total. The molecular formula is C27H18N2O5S. The molecule has 0 aliphatic heterocycles. The molecule has 1 aliphatic carbocycles. The molecule has 0 unspecified atom stereocenters. The minimum atomic E-state index is -0.639. The minimum absolute atomic E-state index is 0.220. The SMILES string of the molecule is Cc1nc(-c2ccccc2)sc1C(=O)OCC(=O)Nc1ccc2c(c1)C(=O)c1ccccc1C2=O. The van der Waals surface area contributed by atoms with Crippen molar-refractivity contribution in [2.24, 2.45) is 0 Å². The van der Waals surface area contributed by atoms with Crippen LogP contribution in [0.4, 0.5) is 5.69 Å². The second-order valence-electron chi connectivity index (χ2n) is 7.89. The van der Waals surface area contributed by atoms with Gasteiger partial charge in [-0.05, 0) is 25.1 Å². The first kappa shape index (κ1) is 22.4. The van der Waals surface area contributed by atoms with E-state index in [4.69, 9.17) is 4.74 Å². The molecule has 0 fully saturated rings. The van der Waals surface area contributed by atoms with Gasteiger partial charge in [0.25, 0.3) is 5.91 Å². The van der Waals surface area contributed by atoms with E-state index in [1.807, 2.05) is 30.3 Å². The van der Waals surface area contributed by atoms with Crippen molar-refractivity contribution in [3.63, 3.8) is 0 Å². The van der Waals surface area contributed by atoms with Gasteiger partial charge in [-0.1, -0.05) is 54.6 Å². The summed E-state index contributed by atoms with van der Waals surface area (Å²) in [5.41, 5.74) is 2.94. The second-order valence-corrected chi connectivity index (χ2v) is 8.89. The number of carbonyl (C=O) groups is 4. The van der Waals surface area contributed by atoms with Crippen LogP contribution in [0.15, 0.2) is 72.8 Å². The average Bonchev–Trinajstić information content (AvgIpc) is 3.28. The standard InChI is InChI=1S/C27H18N2O5S/c1-15-25(35-26(28-15)16-7-3-2-4-8-16)27(33)34-14-22(30)29-17-11-12-20-21(13-17)24(32)19-10-6-5-9-18(19)23(20)31/h2-13H,14H2,1H3,(H,29,30). The third kappa shape index (κ3) is 4.27. The van der Waals surface area contributed by atoms with Gasteiger partial charge in [0.15, 0.2) is 18.2 Å². The van der Waals surface area contributed by atoms with Crippen LogP contribution in [0.25, 0.3) is 10.6 Å². The molecule has 8 heteroatoms. The summed E-state index contributed by atoms with van der Waals surface area (Å²) >= 11 is 1.20. The van der Waals surface area contributed by atoms with Crippen molar-refractivity contribution >= 4 is 40.5 Å². The number of anilines is 1. The van der Waals surface area contributed by atoms with E-state index in [0.29, 0.717) is 32.4 Å². The molecule has 4 aromatic rings. The van der Waals surface area contributed by atoms with Crippen LogP contribution >= 0.6 is 11.3 Å². The Kier molecular flexibility index (Phi) is 5.80. The molecule has 3 aromatic carbocycles. The molecule has 35 heavy (non-hydrogen) atoms. The topological polar surface area (TPSA) is 102 Å². The van der Waals surface area contributed by atoms with Gasteiger partial charge in [0.05, 0.1) is 5.69 Å². The molecule has 1 aromatic heterocycles. The lowest BCUT2D eigenvalue weighted by molar-refractivity contribution is -0.119. The Morgan fingerprint density at radius 3 is 2.20 bits per heavy atom. The summed E-state index contributed by atoms with van der Waals surface area (Å²) in [6.45, 7) is 1.20. The van der Waals surface area contributed by atoms with Gasteiger partial charge in [0.1, 0.15) is 9.88 Å². The summed E-state index contributed by atoms with van der Waals surface area (Å²) in [7, 11) is 0. The van der Waals surface area contributed by atoms with Crippen molar-refractivity contribution in [2.75, 3.05) is 11.9 Å². The number of carbonyl (C=O) groups excluding carboxylic acids is 4. The van der Waals surface area contributed by atoms with Gasteiger partial charge in [-0.3, -0.25) is 14.4 Å². The number of thiazole rings is 1. The number of rotatable bonds is 5. The maximum Gasteiger partial charge on any atom is 0.350 e. The summed E-state index contributed by atoms with van der Waals surface area (Å²) in [6.07, 6.45) is 0. The van der Waals surface area contributed by atoms with Gasteiger partial charge in [-0.15, -0.1) is 11.3 Å². The largest absolute Gasteiger partial charge is 0.451 e. The predicted octanol–water partition coefficient (Wildman–Crippen LogP) is 4.69. The molecule has 0 bridgehead atoms. The molecule has 0 spiro atoms. The number of benzene rings is 3. The van der Waals surface area contributed by atoms with Crippen molar-refractivity contribution in [3.05, 3.63) is 106 Å². The molecular weight excluding hydrogens is 464 g/mol. The molecule has 0 atom stereocenters. The Labute approximate surface area is 204 Å². The van der Waals surface area contributed by atoms with E-state index < -0.39 is 18.5 Å². The van der Waals surface area contributed by atoms with E-state index >= 15 is 0 Å². The molecule has 1 N–H and O–H groups in total. The number of esters is 1. The highest BCUT2D eigenvalue weighted by Crippen LogP contribution is 2.30. The van der Waals surface area contributed by atoms with Gasteiger partial charge < -0.3 is 10.1 Å². The van der Waals surface area contributed by atoms with Crippen molar-refractivity contribution in [2.45, 2.75) is 6.92 Å². The Morgan fingerprint density at radius 2 is 1.49 bits per heavy atom. The molecule has 0 radical (unpaired) electrons. The third-order valence-corrected chi connectivity index (χ3v) is 6.73. The first-order valence-electron chi connectivity index (χ1n) is 10.7. The smallest absolute Gasteiger partial charge is 0.350 e. The van der Waals surface area contributed by atoms with Gasteiger partial charge >= 0.3 is 5.97 Å². The molecule has 0 saturated carbocycles. The quantitative estimate of drug-likeness (QED) is 0.365. The molecule has 1 aliphatic rings. The fourth-order valence-electron chi connectivity index (χ4n) is 3.86. The van der Waals surface area contributed by atoms with Crippen molar-refractivity contribution in [3.8, 4) is 10.6 Å². The molecule has 172 valence electrons. The summed E-state index contributed by atoms with van der Waals surface area (Å²) in [4.78, 5) is 55.3. The number of aryl methyl sites for hydroxylation is 1. The van der Waals surface area contributed by atoms with Crippen LogP contribution in [0.3, 0.4) is 0 Å². The zero-order valence-electron chi connectivity index (χ0n) is 18.5. The molecule has 0 saturated heterocycles. The number of hydrogen-bond donors (Lipinski definition) is 1. The van der Waals surface area contributed by atoms with Crippen LogP contribution in [-0.2, 0) is 9.53 Å². The fourth-order valence-corrected chi connectivity index (χ4v) is 4.83. The van der Waals surface area contributed by atoms with Crippen LogP contribution in [0.2, 0.25) is 0 Å². The first-order valence-corrected chi connectivity index (χ1v) is 11.6. The number of aromatic nitrogens is 1. The maximum atomic E-state index is 12.9. The number of ketones is 2. The zero-order chi connectivity index (χ0) is 24.5. The lowest BCUT2D eigenvalue weighted by Gasteiger charge is -2.18. The monoisotopic (exact) mass is 482 g/mol. The summed E-state index contributed by atoms with van der Waals surface area (Å²) in [5.74, 6) is -1.73. The van der Waals surface area contributed by atoms with Crippen LogP contribution in [0.5, 0.6) is 0 Å². The third-order valence-electron chi connectivity index (χ3n) is 5.55. The zero-order valence-corrected chi connectivity index (χ0v) is 19.3. The van der Waals surface area contributed by atoms with E-state index in [-0.39, 0.29) is 22.7 Å². The molecule has 1 heterocycles. The Balaban J connectivity index is 1.25. The van der Waals surface area contributed by atoms with Crippen LogP contribution in [-0.4, -0.2) is 35.0 Å². The number of nitrogens with one attached hydrogen (secondary N) is 1. The minimum Gasteiger partial charge on any atom is -0.451 e. The van der Waals surface area contributed by atoms with E-state index in [2.05, 4.69) is 10.3 Å². The Morgan fingerprint density at radius 1 is 0.857 bits per heavy atom. The first-order chi connectivity index (χ1) is 16.9. The summed E-state index contributed by atoms with van der Waals surface area (Å²) in [6, 6.07) is 20.6. The van der Waals surface area contributed by atoms with E-state index in [1.54, 1.807) is 31.2 Å². The molecule has 5 rings (SSSR count). The lowest BCUT2D eigenvalue weighted by Crippen LogP contribution is -2.23. The van der Waals surface area contributed by atoms with Crippen molar-refractivity contribution in [1.29, 1.82) is 0 Å². The van der Waals surface area contributed by atoms with Gasteiger partial charge in [0, 0.05) is 33.5 Å². The summed E-state index contributed by atoms with van der Waals surface area (Å²) < 4.78 is 5.19. The normalized spacial score (nSPS) is 12.0. The van der Waals surface area contributed by atoms with Crippen LogP contribution < -0.4 is 5.32 Å². The Bertz CT molecular complexity index is 1510. The van der Waals surface area contributed by atoms with E-state index in [0.717, 1.165) is 5.56 Å². The van der Waals surface area contributed by atoms with E-state index in [1.165, 1.54) is 29.5 Å². The number of nitrogens with zero attached hydrogens (tertiary/aromatic N) is 1. The maximum absolute atomic E-state index is 12.9. The van der Waals surface area contributed by atoms with Crippen molar-refractivity contribution in [1.82, 2.24) is 4.98 Å². The lowest BCUT2D eigenvalue weighted by atomic mass is 9.84. The van der Waals surface area contributed by atoms with Crippen LogP contribution in [0.1, 0.15) is 47.2 Å². The molecule has 1 amide bonds. The average molecular weight is 483 g/mol.